The Balaban J connectivity index is 0.000000550. The fourth-order valence-corrected chi connectivity index (χ4v) is 1.61. The first-order valence-corrected chi connectivity index (χ1v) is 5.94. The average Bonchev–Trinajstić information content (AvgIpc) is 2.43. The van der Waals surface area contributed by atoms with Crippen molar-refractivity contribution in [3.8, 4) is 11.1 Å². The second-order valence-corrected chi connectivity index (χ2v) is 4.22. The molecule has 0 bridgehead atoms. The number of hydrogen-bond acceptors (Lipinski definition) is 3. The predicted octanol–water partition coefficient (Wildman–Crippen LogP) is 3.32. The molecule has 0 spiro atoms. The Labute approximate surface area is 114 Å². The van der Waals surface area contributed by atoms with Crippen LogP contribution in [0.5, 0.6) is 0 Å². The summed E-state index contributed by atoms with van der Waals surface area (Å²) in [6.07, 6.45) is 0.845. The van der Waals surface area contributed by atoms with Crippen LogP contribution in [-0.2, 0) is 4.74 Å². The number of nitrogens with two attached hydrogens (primary N) is 1. The van der Waals surface area contributed by atoms with E-state index in [9.17, 15) is 4.79 Å². The van der Waals surface area contributed by atoms with Crippen molar-refractivity contribution in [1.82, 2.24) is 0 Å². The van der Waals surface area contributed by atoms with E-state index in [2.05, 4.69) is 4.74 Å². The lowest BCUT2D eigenvalue weighted by atomic mass is 10.0. The molecule has 3 heteroatoms. The lowest BCUT2D eigenvalue weighted by Crippen LogP contribution is -1.89. The lowest BCUT2D eigenvalue weighted by Gasteiger charge is -2.05. The fourth-order valence-electron chi connectivity index (χ4n) is 1.61. The van der Waals surface area contributed by atoms with E-state index < -0.39 is 0 Å². The third-order valence-corrected chi connectivity index (χ3v) is 2.65. The smallest absolute Gasteiger partial charge is 0.150 e. The van der Waals surface area contributed by atoms with E-state index in [0.29, 0.717) is 5.56 Å². The van der Waals surface area contributed by atoms with Gasteiger partial charge in [0.05, 0.1) is 0 Å². The van der Waals surface area contributed by atoms with Gasteiger partial charge in [-0.2, -0.15) is 0 Å². The van der Waals surface area contributed by atoms with Crippen molar-refractivity contribution >= 4 is 12.0 Å². The van der Waals surface area contributed by atoms with Crippen LogP contribution in [0.15, 0.2) is 42.5 Å². The second-order valence-electron chi connectivity index (χ2n) is 4.22. The molecule has 0 atom stereocenters. The van der Waals surface area contributed by atoms with Crippen molar-refractivity contribution in [3.05, 3.63) is 53.6 Å². The third kappa shape index (κ3) is 4.23. The molecule has 0 saturated carbocycles. The molecular formula is C16H19NO2. The number of methoxy groups -OCH3 is 1. The SMILES string of the molecule is COC.Cc1cc(-c2ccc(C=O)cc2)ccc1N. The van der Waals surface area contributed by atoms with Crippen molar-refractivity contribution in [1.29, 1.82) is 0 Å². The van der Waals surface area contributed by atoms with Crippen LogP contribution in [0.2, 0.25) is 0 Å². The van der Waals surface area contributed by atoms with Crippen LogP contribution in [0.1, 0.15) is 15.9 Å². The number of aryl methyl sites for hydroxylation is 1. The highest BCUT2D eigenvalue weighted by Gasteiger charge is 2.00. The molecule has 19 heavy (non-hydrogen) atoms. The van der Waals surface area contributed by atoms with Gasteiger partial charge in [-0.25, -0.2) is 0 Å². The van der Waals surface area contributed by atoms with Crippen LogP contribution < -0.4 is 5.73 Å². The van der Waals surface area contributed by atoms with Gasteiger partial charge in [0, 0.05) is 25.5 Å². The molecule has 0 saturated heterocycles. The predicted molar refractivity (Wildman–Crippen MR) is 79.3 cm³/mol. The van der Waals surface area contributed by atoms with Gasteiger partial charge in [0.2, 0.25) is 0 Å². The Morgan fingerprint density at radius 2 is 1.53 bits per heavy atom. The van der Waals surface area contributed by atoms with Crippen molar-refractivity contribution in [3.63, 3.8) is 0 Å². The minimum Gasteiger partial charge on any atom is -0.399 e. The van der Waals surface area contributed by atoms with Crippen molar-refractivity contribution in [2.24, 2.45) is 0 Å². The van der Waals surface area contributed by atoms with E-state index in [-0.39, 0.29) is 0 Å². The van der Waals surface area contributed by atoms with Crippen molar-refractivity contribution < 1.29 is 9.53 Å². The number of carbonyl (C=O) groups excluding carboxylic acids is 1. The number of ether oxygens (including phenoxy) is 1. The highest BCUT2D eigenvalue weighted by Crippen LogP contribution is 2.23. The molecule has 2 aromatic carbocycles. The summed E-state index contributed by atoms with van der Waals surface area (Å²) in [7, 11) is 3.25. The zero-order chi connectivity index (χ0) is 14.3. The standard InChI is InChI=1S/C14H13NO.C2H6O/c1-10-8-13(6-7-14(10)15)12-4-2-11(9-16)3-5-12;1-3-2/h2-9H,15H2,1H3;1-2H3. The van der Waals surface area contributed by atoms with E-state index in [0.717, 1.165) is 28.7 Å². The van der Waals surface area contributed by atoms with E-state index in [1.54, 1.807) is 14.2 Å². The summed E-state index contributed by atoms with van der Waals surface area (Å²) >= 11 is 0. The van der Waals surface area contributed by atoms with Gasteiger partial charge in [0.15, 0.2) is 0 Å². The highest BCUT2D eigenvalue weighted by atomic mass is 16.4. The highest BCUT2D eigenvalue weighted by molar-refractivity contribution is 5.77. The van der Waals surface area contributed by atoms with Gasteiger partial charge in [-0.15, -0.1) is 0 Å². The second kappa shape index (κ2) is 7.34. The van der Waals surface area contributed by atoms with Crippen LogP contribution in [0.3, 0.4) is 0 Å². The average molecular weight is 257 g/mol. The molecule has 0 amide bonds. The normalized spacial score (nSPS) is 9.42. The summed E-state index contributed by atoms with van der Waals surface area (Å²) in [4.78, 5) is 10.5. The number of hydrogen-bond donors (Lipinski definition) is 1. The summed E-state index contributed by atoms with van der Waals surface area (Å²) in [6, 6.07) is 13.4. The topological polar surface area (TPSA) is 52.3 Å². The molecule has 0 aromatic heterocycles. The Morgan fingerprint density at radius 1 is 1.00 bits per heavy atom. The van der Waals surface area contributed by atoms with Crippen LogP contribution >= 0.6 is 0 Å². The van der Waals surface area contributed by atoms with E-state index in [1.807, 2.05) is 49.4 Å². The quantitative estimate of drug-likeness (QED) is 0.663. The Hall–Kier alpha value is -2.13. The molecule has 0 aliphatic rings. The Kier molecular flexibility index (Phi) is 5.76. The minimum absolute atomic E-state index is 0.691. The molecule has 0 radical (unpaired) electrons. The minimum atomic E-state index is 0.691. The molecule has 0 fully saturated rings. The summed E-state index contributed by atoms with van der Waals surface area (Å²) in [5.74, 6) is 0. The van der Waals surface area contributed by atoms with Crippen molar-refractivity contribution in [2.45, 2.75) is 6.92 Å². The molecule has 0 unspecified atom stereocenters. The first kappa shape index (κ1) is 14.9. The summed E-state index contributed by atoms with van der Waals surface area (Å²) < 4.78 is 4.25. The van der Waals surface area contributed by atoms with Crippen molar-refractivity contribution in [2.75, 3.05) is 20.0 Å². The molecular weight excluding hydrogens is 238 g/mol. The van der Waals surface area contributed by atoms with E-state index in [1.165, 1.54) is 0 Å². The molecule has 2 aromatic rings. The van der Waals surface area contributed by atoms with Gasteiger partial charge >= 0.3 is 0 Å². The fraction of sp³-hybridized carbons (Fsp3) is 0.188. The molecule has 0 aliphatic carbocycles. The zero-order valence-electron chi connectivity index (χ0n) is 11.5. The van der Waals surface area contributed by atoms with Gasteiger partial charge < -0.3 is 10.5 Å². The van der Waals surface area contributed by atoms with E-state index in [4.69, 9.17) is 5.73 Å². The maximum Gasteiger partial charge on any atom is 0.150 e. The number of rotatable bonds is 2. The van der Waals surface area contributed by atoms with Crippen LogP contribution in [-0.4, -0.2) is 20.5 Å². The number of carbonyl (C=O) groups is 1. The molecule has 0 aliphatic heterocycles. The van der Waals surface area contributed by atoms with Crippen LogP contribution in [0.25, 0.3) is 11.1 Å². The molecule has 2 N–H and O–H groups in total. The molecule has 2 rings (SSSR count). The first-order valence-electron chi connectivity index (χ1n) is 5.94. The maximum absolute atomic E-state index is 10.5. The lowest BCUT2D eigenvalue weighted by molar-refractivity contribution is 0.112. The largest absolute Gasteiger partial charge is 0.399 e. The number of anilines is 1. The van der Waals surface area contributed by atoms with Gasteiger partial charge in [0.25, 0.3) is 0 Å². The number of aldehydes is 1. The molecule has 100 valence electrons. The Bertz CT molecular complexity index is 533. The van der Waals surface area contributed by atoms with Crippen LogP contribution in [0.4, 0.5) is 5.69 Å². The van der Waals surface area contributed by atoms with E-state index >= 15 is 0 Å². The van der Waals surface area contributed by atoms with Gasteiger partial charge in [0.1, 0.15) is 6.29 Å². The summed E-state index contributed by atoms with van der Waals surface area (Å²) in [5.41, 5.74) is 10.5. The summed E-state index contributed by atoms with van der Waals surface area (Å²) in [5, 5.41) is 0. The monoisotopic (exact) mass is 257 g/mol. The van der Waals surface area contributed by atoms with Gasteiger partial charge in [-0.1, -0.05) is 30.3 Å². The Morgan fingerprint density at radius 3 is 2.00 bits per heavy atom. The number of nitrogen functional groups attached to an aromatic ring is 1. The van der Waals surface area contributed by atoms with Gasteiger partial charge in [-0.05, 0) is 35.7 Å². The zero-order valence-corrected chi connectivity index (χ0v) is 11.5. The molecule has 0 heterocycles. The third-order valence-electron chi connectivity index (χ3n) is 2.65. The number of benzene rings is 2. The van der Waals surface area contributed by atoms with Gasteiger partial charge in [-0.3, -0.25) is 4.79 Å². The maximum atomic E-state index is 10.5. The first-order chi connectivity index (χ1) is 9.12. The van der Waals surface area contributed by atoms with Crippen LogP contribution in [0, 0.1) is 6.92 Å². The summed E-state index contributed by atoms with van der Waals surface area (Å²) in [6.45, 7) is 1.98. The molecule has 3 nitrogen and oxygen atoms in total.